The normalized spacial score (nSPS) is 10.1. The van der Waals surface area contributed by atoms with Gasteiger partial charge in [-0.3, -0.25) is 9.59 Å². The lowest BCUT2D eigenvalue weighted by Crippen LogP contribution is -2.19. The molecule has 1 amide bonds. The molecule has 2 rings (SSSR count). The van der Waals surface area contributed by atoms with Crippen LogP contribution in [0.3, 0.4) is 0 Å². The first-order valence-corrected chi connectivity index (χ1v) is 6.00. The molecule has 0 aliphatic heterocycles. The number of carbonyl (C=O) groups is 3. The van der Waals surface area contributed by atoms with Crippen LogP contribution in [-0.2, 0) is 11.3 Å². The Morgan fingerprint density at radius 1 is 1.33 bits per heavy atom. The highest BCUT2D eigenvalue weighted by Gasteiger charge is 2.11. The van der Waals surface area contributed by atoms with Crippen LogP contribution in [0.25, 0.3) is 0 Å². The first-order valence-electron chi connectivity index (χ1n) is 6.00. The smallest absolute Gasteiger partial charge is 0.358 e. The van der Waals surface area contributed by atoms with Gasteiger partial charge in [-0.05, 0) is 19.1 Å². The van der Waals surface area contributed by atoms with E-state index in [0.29, 0.717) is 11.3 Å². The van der Waals surface area contributed by atoms with Crippen LogP contribution < -0.4 is 5.32 Å². The third kappa shape index (κ3) is 3.72. The Balaban J connectivity index is 2.02. The van der Waals surface area contributed by atoms with Crippen molar-refractivity contribution in [2.75, 3.05) is 5.32 Å². The lowest BCUT2D eigenvalue weighted by molar-refractivity contribution is -0.116. The number of aromatic carboxylic acids is 1. The van der Waals surface area contributed by atoms with Crippen LogP contribution in [-0.4, -0.2) is 37.8 Å². The maximum Gasteiger partial charge on any atom is 0.358 e. The molecule has 1 heterocycles. The predicted octanol–water partition coefficient (Wildman–Crippen LogP) is 0.818. The highest BCUT2D eigenvalue weighted by molar-refractivity contribution is 5.97. The third-order valence-electron chi connectivity index (χ3n) is 2.62. The Morgan fingerprint density at radius 2 is 2.10 bits per heavy atom. The molecule has 2 aromatic rings. The molecule has 21 heavy (non-hydrogen) atoms. The molecule has 8 nitrogen and oxygen atoms in total. The maximum absolute atomic E-state index is 11.8. The summed E-state index contributed by atoms with van der Waals surface area (Å²) < 4.78 is 1.12. The molecule has 108 valence electrons. The summed E-state index contributed by atoms with van der Waals surface area (Å²) in [4.78, 5) is 33.7. The summed E-state index contributed by atoms with van der Waals surface area (Å²) in [7, 11) is 0. The van der Waals surface area contributed by atoms with E-state index in [4.69, 9.17) is 5.11 Å². The zero-order valence-corrected chi connectivity index (χ0v) is 11.1. The standard InChI is InChI=1S/C13H12N4O4/c1-8(18)9-3-2-4-10(5-9)14-12(19)7-17-6-11(13(20)21)15-16-17/h2-6H,7H2,1H3,(H,14,19)(H,20,21). The number of ketones is 1. The first kappa shape index (κ1) is 14.4. The van der Waals surface area contributed by atoms with Crippen molar-refractivity contribution in [2.24, 2.45) is 0 Å². The van der Waals surface area contributed by atoms with Crippen LogP contribution in [0.5, 0.6) is 0 Å². The number of anilines is 1. The molecular weight excluding hydrogens is 276 g/mol. The quantitative estimate of drug-likeness (QED) is 0.787. The van der Waals surface area contributed by atoms with Crippen molar-refractivity contribution in [3.63, 3.8) is 0 Å². The van der Waals surface area contributed by atoms with Gasteiger partial charge < -0.3 is 10.4 Å². The molecule has 0 atom stereocenters. The van der Waals surface area contributed by atoms with Crippen molar-refractivity contribution in [3.05, 3.63) is 41.7 Å². The fourth-order valence-electron chi connectivity index (χ4n) is 1.64. The topological polar surface area (TPSA) is 114 Å². The Kier molecular flexibility index (Phi) is 4.07. The van der Waals surface area contributed by atoms with Gasteiger partial charge in [0.05, 0.1) is 6.20 Å². The van der Waals surface area contributed by atoms with E-state index in [2.05, 4.69) is 15.6 Å². The van der Waals surface area contributed by atoms with Gasteiger partial charge in [0.25, 0.3) is 0 Å². The number of rotatable bonds is 5. The third-order valence-corrected chi connectivity index (χ3v) is 2.62. The number of carboxylic acids is 1. The van der Waals surface area contributed by atoms with Crippen LogP contribution in [0.2, 0.25) is 0 Å². The van der Waals surface area contributed by atoms with Gasteiger partial charge in [-0.2, -0.15) is 0 Å². The fourth-order valence-corrected chi connectivity index (χ4v) is 1.64. The average Bonchev–Trinajstić information content (AvgIpc) is 2.87. The monoisotopic (exact) mass is 288 g/mol. The molecule has 0 radical (unpaired) electrons. The lowest BCUT2D eigenvalue weighted by Gasteiger charge is -2.06. The fraction of sp³-hybridized carbons (Fsp3) is 0.154. The summed E-state index contributed by atoms with van der Waals surface area (Å²) >= 11 is 0. The minimum atomic E-state index is -1.21. The SMILES string of the molecule is CC(=O)c1cccc(NC(=O)Cn2cc(C(=O)O)nn2)c1. The van der Waals surface area contributed by atoms with E-state index in [0.717, 1.165) is 10.9 Å². The van der Waals surface area contributed by atoms with Gasteiger partial charge in [0.1, 0.15) is 6.54 Å². The van der Waals surface area contributed by atoms with Crippen LogP contribution in [0.4, 0.5) is 5.69 Å². The largest absolute Gasteiger partial charge is 0.476 e. The van der Waals surface area contributed by atoms with E-state index < -0.39 is 11.9 Å². The Hall–Kier alpha value is -3.03. The van der Waals surface area contributed by atoms with Crippen molar-refractivity contribution in [1.82, 2.24) is 15.0 Å². The molecule has 0 spiro atoms. The summed E-state index contributed by atoms with van der Waals surface area (Å²) in [6.07, 6.45) is 1.16. The molecule has 0 aliphatic rings. The summed E-state index contributed by atoms with van der Waals surface area (Å²) in [5.41, 5.74) is 0.731. The second-order valence-corrected chi connectivity index (χ2v) is 4.29. The number of aromatic nitrogens is 3. The van der Waals surface area contributed by atoms with E-state index in [1.165, 1.54) is 6.92 Å². The Morgan fingerprint density at radius 3 is 2.71 bits per heavy atom. The number of Topliss-reactive ketones (excluding diaryl/α,β-unsaturated/α-hetero) is 1. The highest BCUT2D eigenvalue weighted by Crippen LogP contribution is 2.11. The second kappa shape index (κ2) is 5.95. The first-order chi connectivity index (χ1) is 9.95. The predicted molar refractivity (Wildman–Crippen MR) is 72.1 cm³/mol. The molecular formula is C13H12N4O4. The molecule has 0 bridgehead atoms. The van der Waals surface area contributed by atoms with Crippen molar-refractivity contribution < 1.29 is 19.5 Å². The van der Waals surface area contributed by atoms with E-state index in [1.807, 2.05) is 0 Å². The minimum absolute atomic E-state index is 0.103. The van der Waals surface area contributed by atoms with Gasteiger partial charge in [0.15, 0.2) is 11.5 Å². The van der Waals surface area contributed by atoms with Crippen LogP contribution in [0, 0.1) is 0 Å². The number of hydrogen-bond donors (Lipinski definition) is 2. The number of carboxylic acid groups (broad SMARTS) is 1. The summed E-state index contributed by atoms with van der Waals surface area (Å²) in [6, 6.07) is 6.51. The number of benzene rings is 1. The molecule has 1 aromatic carbocycles. The second-order valence-electron chi connectivity index (χ2n) is 4.29. The minimum Gasteiger partial charge on any atom is -0.476 e. The lowest BCUT2D eigenvalue weighted by atomic mass is 10.1. The molecule has 1 aromatic heterocycles. The highest BCUT2D eigenvalue weighted by atomic mass is 16.4. The Bertz CT molecular complexity index is 708. The summed E-state index contributed by atoms with van der Waals surface area (Å²) in [5.74, 6) is -1.72. The van der Waals surface area contributed by atoms with E-state index in [9.17, 15) is 14.4 Å². The van der Waals surface area contributed by atoms with Gasteiger partial charge in [-0.15, -0.1) is 5.10 Å². The van der Waals surface area contributed by atoms with Crippen molar-refractivity contribution >= 4 is 23.3 Å². The van der Waals surface area contributed by atoms with Gasteiger partial charge in [0.2, 0.25) is 5.91 Å². The van der Waals surface area contributed by atoms with Crippen molar-refractivity contribution in [3.8, 4) is 0 Å². The van der Waals surface area contributed by atoms with Crippen molar-refractivity contribution in [1.29, 1.82) is 0 Å². The van der Waals surface area contributed by atoms with Gasteiger partial charge in [-0.1, -0.05) is 17.3 Å². The van der Waals surface area contributed by atoms with Crippen molar-refractivity contribution in [2.45, 2.75) is 13.5 Å². The van der Waals surface area contributed by atoms with Crippen LogP contribution in [0.15, 0.2) is 30.5 Å². The van der Waals surface area contributed by atoms with Crippen LogP contribution in [0.1, 0.15) is 27.8 Å². The molecule has 8 heteroatoms. The number of nitrogens with zero attached hydrogens (tertiary/aromatic N) is 3. The van der Waals surface area contributed by atoms with Gasteiger partial charge in [-0.25, -0.2) is 9.48 Å². The zero-order chi connectivity index (χ0) is 15.4. The maximum atomic E-state index is 11.8. The van der Waals surface area contributed by atoms with Gasteiger partial charge >= 0.3 is 5.97 Å². The van der Waals surface area contributed by atoms with Gasteiger partial charge in [0, 0.05) is 11.3 Å². The number of nitrogens with one attached hydrogen (secondary N) is 1. The Labute approximate surface area is 119 Å². The van der Waals surface area contributed by atoms with Crippen LogP contribution >= 0.6 is 0 Å². The van der Waals surface area contributed by atoms with E-state index >= 15 is 0 Å². The van der Waals surface area contributed by atoms with E-state index in [1.54, 1.807) is 24.3 Å². The molecule has 0 unspecified atom stereocenters. The molecule has 0 saturated heterocycles. The molecule has 0 aliphatic carbocycles. The summed E-state index contributed by atoms with van der Waals surface area (Å²) in [6.45, 7) is 1.26. The zero-order valence-electron chi connectivity index (χ0n) is 11.1. The molecule has 0 saturated carbocycles. The molecule has 0 fully saturated rings. The molecule has 2 N–H and O–H groups in total. The number of hydrogen-bond acceptors (Lipinski definition) is 5. The number of carbonyl (C=O) groups excluding carboxylic acids is 2. The summed E-state index contributed by atoms with van der Waals surface area (Å²) in [5, 5.41) is 18.2. The van der Waals surface area contributed by atoms with E-state index in [-0.39, 0.29) is 18.0 Å². The number of amides is 1. The average molecular weight is 288 g/mol.